The summed E-state index contributed by atoms with van der Waals surface area (Å²) in [6.07, 6.45) is 3.00. The second-order valence-corrected chi connectivity index (χ2v) is 7.33. The number of amides is 1. The Morgan fingerprint density at radius 3 is 2.67 bits per heavy atom. The third kappa shape index (κ3) is 2.84. The summed E-state index contributed by atoms with van der Waals surface area (Å²) in [6.45, 7) is 2.17. The molecule has 2 fully saturated rings. The molecular weight excluding hydrogens is 254 g/mol. The predicted molar refractivity (Wildman–Crippen MR) is 68.3 cm³/mol. The number of carbonyl (C=O) groups is 1. The molecular formula is C11H21N3O3S. The molecule has 6 nitrogen and oxygen atoms in total. The molecule has 0 aromatic rings. The standard InChI is InChI=1S/C11H21N3O3S/c12-11(15)9-3-2-6-14(8-9)18(16,17)10-4-1-5-13-7-10/h9-10,13H,1-8H2,(H2,12,15). The van der Waals surface area contributed by atoms with Crippen LogP contribution in [0.2, 0.25) is 0 Å². The third-order valence-corrected chi connectivity index (χ3v) is 6.12. The van der Waals surface area contributed by atoms with Crippen molar-refractivity contribution in [3.8, 4) is 0 Å². The highest BCUT2D eigenvalue weighted by molar-refractivity contribution is 7.89. The van der Waals surface area contributed by atoms with Gasteiger partial charge in [-0.1, -0.05) is 0 Å². The molecule has 2 rings (SSSR count). The number of rotatable bonds is 3. The van der Waals surface area contributed by atoms with Crippen molar-refractivity contribution >= 4 is 15.9 Å². The number of nitrogens with zero attached hydrogens (tertiary/aromatic N) is 1. The molecule has 1 amide bonds. The van der Waals surface area contributed by atoms with E-state index in [1.165, 1.54) is 4.31 Å². The lowest BCUT2D eigenvalue weighted by Gasteiger charge is -2.34. The first-order chi connectivity index (χ1) is 8.51. The zero-order valence-corrected chi connectivity index (χ0v) is 11.3. The minimum atomic E-state index is -3.29. The number of sulfonamides is 1. The quantitative estimate of drug-likeness (QED) is 0.710. The molecule has 2 saturated heterocycles. The average molecular weight is 275 g/mol. The fourth-order valence-electron chi connectivity index (χ4n) is 2.69. The fraction of sp³-hybridized carbons (Fsp3) is 0.909. The summed E-state index contributed by atoms with van der Waals surface area (Å²) in [5.74, 6) is -0.721. The highest BCUT2D eigenvalue weighted by atomic mass is 32.2. The van der Waals surface area contributed by atoms with E-state index in [-0.39, 0.29) is 17.7 Å². The molecule has 0 spiro atoms. The van der Waals surface area contributed by atoms with Crippen LogP contribution in [0.3, 0.4) is 0 Å². The Balaban J connectivity index is 2.06. The van der Waals surface area contributed by atoms with E-state index in [1.54, 1.807) is 0 Å². The van der Waals surface area contributed by atoms with E-state index in [4.69, 9.17) is 5.73 Å². The molecule has 0 aromatic carbocycles. The van der Waals surface area contributed by atoms with Gasteiger partial charge in [-0.25, -0.2) is 12.7 Å². The lowest BCUT2D eigenvalue weighted by Crippen LogP contribution is -2.50. The molecule has 0 bridgehead atoms. The summed E-state index contributed by atoms with van der Waals surface area (Å²) in [5, 5.41) is 2.77. The summed E-state index contributed by atoms with van der Waals surface area (Å²) < 4.78 is 26.3. The second-order valence-electron chi connectivity index (χ2n) is 5.11. The lowest BCUT2D eigenvalue weighted by molar-refractivity contribution is -0.122. The maximum absolute atomic E-state index is 12.4. The normalized spacial score (nSPS) is 31.1. The van der Waals surface area contributed by atoms with Gasteiger partial charge in [0.05, 0.1) is 11.2 Å². The van der Waals surface area contributed by atoms with Crippen molar-refractivity contribution < 1.29 is 13.2 Å². The largest absolute Gasteiger partial charge is 0.369 e. The minimum absolute atomic E-state index is 0.258. The molecule has 0 aliphatic carbocycles. The smallest absolute Gasteiger partial charge is 0.221 e. The van der Waals surface area contributed by atoms with Crippen molar-refractivity contribution in [2.24, 2.45) is 11.7 Å². The van der Waals surface area contributed by atoms with Gasteiger partial charge in [0.25, 0.3) is 0 Å². The predicted octanol–water partition coefficient (Wildman–Crippen LogP) is -0.734. The molecule has 0 saturated carbocycles. The number of primary amides is 1. The van der Waals surface area contributed by atoms with Crippen molar-refractivity contribution in [2.45, 2.75) is 30.9 Å². The van der Waals surface area contributed by atoms with Gasteiger partial charge in [-0.15, -0.1) is 0 Å². The first-order valence-corrected chi connectivity index (χ1v) is 8.01. The zero-order chi connectivity index (χ0) is 13.2. The van der Waals surface area contributed by atoms with E-state index in [1.807, 2.05) is 0 Å². The molecule has 0 aromatic heterocycles. The number of nitrogens with one attached hydrogen (secondary N) is 1. The second kappa shape index (κ2) is 5.54. The minimum Gasteiger partial charge on any atom is -0.369 e. The Morgan fingerprint density at radius 1 is 1.28 bits per heavy atom. The van der Waals surface area contributed by atoms with Crippen molar-refractivity contribution in [3.63, 3.8) is 0 Å². The molecule has 2 atom stereocenters. The summed E-state index contributed by atoms with van der Waals surface area (Å²) in [5.41, 5.74) is 5.28. The van der Waals surface area contributed by atoms with Crippen LogP contribution in [-0.2, 0) is 14.8 Å². The Kier molecular flexibility index (Phi) is 4.24. The van der Waals surface area contributed by atoms with Crippen LogP contribution in [0.15, 0.2) is 0 Å². The van der Waals surface area contributed by atoms with Crippen LogP contribution in [0.4, 0.5) is 0 Å². The Labute approximate surface area is 108 Å². The average Bonchev–Trinajstić information content (AvgIpc) is 2.40. The van der Waals surface area contributed by atoms with Crippen LogP contribution in [0.25, 0.3) is 0 Å². The van der Waals surface area contributed by atoms with Gasteiger partial charge in [-0.05, 0) is 32.2 Å². The number of piperidine rings is 2. The SMILES string of the molecule is NC(=O)C1CCCN(S(=O)(=O)C2CCCNC2)C1. The van der Waals surface area contributed by atoms with E-state index in [2.05, 4.69) is 5.32 Å². The van der Waals surface area contributed by atoms with E-state index in [9.17, 15) is 13.2 Å². The van der Waals surface area contributed by atoms with E-state index in [0.29, 0.717) is 32.4 Å². The lowest BCUT2D eigenvalue weighted by atomic mass is 9.99. The molecule has 2 unspecified atom stereocenters. The summed E-state index contributed by atoms with van der Waals surface area (Å²) in [6, 6.07) is 0. The highest BCUT2D eigenvalue weighted by Crippen LogP contribution is 2.23. The van der Waals surface area contributed by atoms with Gasteiger partial charge in [0, 0.05) is 19.6 Å². The first-order valence-electron chi connectivity index (χ1n) is 6.51. The maximum Gasteiger partial charge on any atom is 0.221 e. The Morgan fingerprint density at radius 2 is 2.06 bits per heavy atom. The first kappa shape index (κ1) is 13.8. The maximum atomic E-state index is 12.4. The van der Waals surface area contributed by atoms with Crippen molar-refractivity contribution in [1.82, 2.24) is 9.62 Å². The molecule has 0 radical (unpaired) electrons. The fourth-order valence-corrected chi connectivity index (χ4v) is 4.68. The number of nitrogens with two attached hydrogens (primary N) is 1. The van der Waals surface area contributed by atoms with Gasteiger partial charge >= 0.3 is 0 Å². The highest BCUT2D eigenvalue weighted by Gasteiger charge is 2.36. The van der Waals surface area contributed by atoms with Gasteiger partial charge in [-0.2, -0.15) is 0 Å². The zero-order valence-electron chi connectivity index (χ0n) is 10.5. The third-order valence-electron chi connectivity index (χ3n) is 3.82. The molecule has 104 valence electrons. The Hall–Kier alpha value is -0.660. The van der Waals surface area contributed by atoms with Crippen molar-refractivity contribution in [1.29, 1.82) is 0 Å². The topological polar surface area (TPSA) is 92.5 Å². The van der Waals surface area contributed by atoms with E-state index < -0.39 is 15.9 Å². The monoisotopic (exact) mass is 275 g/mol. The Bertz CT molecular complexity index is 404. The molecule has 2 aliphatic rings. The molecule has 2 aliphatic heterocycles. The van der Waals surface area contributed by atoms with Crippen molar-refractivity contribution in [3.05, 3.63) is 0 Å². The van der Waals surface area contributed by atoms with Gasteiger partial charge < -0.3 is 11.1 Å². The van der Waals surface area contributed by atoms with Crippen LogP contribution in [0, 0.1) is 5.92 Å². The number of hydrogen-bond donors (Lipinski definition) is 2. The van der Waals surface area contributed by atoms with Gasteiger partial charge in [0.2, 0.25) is 15.9 Å². The van der Waals surface area contributed by atoms with Crippen LogP contribution < -0.4 is 11.1 Å². The molecule has 7 heteroatoms. The van der Waals surface area contributed by atoms with Crippen LogP contribution >= 0.6 is 0 Å². The van der Waals surface area contributed by atoms with Crippen LogP contribution in [0.1, 0.15) is 25.7 Å². The van der Waals surface area contributed by atoms with Crippen LogP contribution in [0.5, 0.6) is 0 Å². The molecule has 2 heterocycles. The summed E-state index contributed by atoms with van der Waals surface area (Å²) in [4.78, 5) is 11.2. The molecule has 3 N–H and O–H groups in total. The summed E-state index contributed by atoms with van der Waals surface area (Å²) >= 11 is 0. The van der Waals surface area contributed by atoms with Gasteiger partial charge in [-0.3, -0.25) is 4.79 Å². The van der Waals surface area contributed by atoms with Gasteiger partial charge in [0.1, 0.15) is 0 Å². The number of hydrogen-bond acceptors (Lipinski definition) is 4. The van der Waals surface area contributed by atoms with E-state index >= 15 is 0 Å². The molecule has 18 heavy (non-hydrogen) atoms. The summed E-state index contributed by atoms with van der Waals surface area (Å²) in [7, 11) is -3.29. The number of carbonyl (C=O) groups excluding carboxylic acids is 1. The van der Waals surface area contributed by atoms with Crippen LogP contribution in [-0.4, -0.2) is 50.1 Å². The van der Waals surface area contributed by atoms with Crippen molar-refractivity contribution in [2.75, 3.05) is 26.2 Å². The van der Waals surface area contributed by atoms with E-state index in [0.717, 1.165) is 13.0 Å². The van der Waals surface area contributed by atoms with Gasteiger partial charge in [0.15, 0.2) is 0 Å².